The molecule has 0 saturated heterocycles. The van der Waals surface area contributed by atoms with Crippen molar-refractivity contribution in [3.63, 3.8) is 0 Å². The van der Waals surface area contributed by atoms with Gasteiger partial charge in [-0.1, -0.05) is 11.6 Å². The Bertz CT molecular complexity index is 1560. The second kappa shape index (κ2) is 9.23. The van der Waals surface area contributed by atoms with Gasteiger partial charge in [-0.3, -0.25) is 14.3 Å². The van der Waals surface area contributed by atoms with E-state index in [1.807, 2.05) is 0 Å². The molecule has 0 aliphatic carbocycles. The van der Waals surface area contributed by atoms with Gasteiger partial charge >= 0.3 is 5.82 Å². The highest BCUT2D eigenvalue weighted by molar-refractivity contribution is 7.21. The molecule has 3 N–H and O–H groups in total. The number of fused-ring (bicyclic) bond motifs is 1. The van der Waals surface area contributed by atoms with Crippen molar-refractivity contribution in [3.8, 4) is 11.1 Å². The highest BCUT2D eigenvalue weighted by Gasteiger charge is 2.28. The first-order chi connectivity index (χ1) is 16.9. The normalized spacial score (nSPS) is 11.4. The quantitative estimate of drug-likeness (QED) is 0.267. The van der Waals surface area contributed by atoms with Crippen LogP contribution in [0.15, 0.2) is 12.3 Å². The average molecular weight is 539 g/mol. The van der Waals surface area contributed by atoms with E-state index in [0.717, 1.165) is 16.0 Å². The molecule has 4 rings (SSSR count). The Labute approximate surface area is 209 Å². The van der Waals surface area contributed by atoms with Gasteiger partial charge in [0, 0.05) is 23.7 Å². The molecule has 0 spiro atoms. The minimum absolute atomic E-state index is 0.0236. The van der Waals surface area contributed by atoms with Crippen molar-refractivity contribution in [2.45, 2.75) is 26.8 Å². The van der Waals surface area contributed by atoms with E-state index < -0.39 is 41.2 Å². The Balaban J connectivity index is 1.86. The molecule has 188 valence electrons. The molecule has 36 heavy (non-hydrogen) atoms. The van der Waals surface area contributed by atoms with E-state index in [0.29, 0.717) is 11.3 Å². The molecular weight excluding hydrogens is 522 g/mol. The van der Waals surface area contributed by atoms with Crippen molar-refractivity contribution < 1.29 is 23.3 Å². The zero-order chi connectivity index (χ0) is 26.5. The number of aryl methyl sites for hydroxylation is 1. The lowest BCUT2D eigenvalue weighted by atomic mass is 10.0. The highest BCUT2D eigenvalue weighted by Crippen LogP contribution is 2.43. The van der Waals surface area contributed by atoms with Crippen LogP contribution in [-0.2, 0) is 18.4 Å². The van der Waals surface area contributed by atoms with Crippen LogP contribution in [0.5, 0.6) is 0 Å². The maximum Gasteiger partial charge on any atom is 0.408 e. The monoisotopic (exact) mass is 538 g/mol. The summed E-state index contributed by atoms with van der Waals surface area (Å²) in [6.45, 7) is 2.69. The van der Waals surface area contributed by atoms with Crippen LogP contribution >= 0.6 is 22.9 Å². The van der Waals surface area contributed by atoms with Gasteiger partial charge in [-0.25, -0.2) is 13.8 Å². The second-order valence-electron chi connectivity index (χ2n) is 7.70. The largest absolute Gasteiger partial charge is 0.408 e. The maximum absolute atomic E-state index is 13.6. The predicted octanol–water partition coefficient (Wildman–Crippen LogP) is 3.75. The van der Waals surface area contributed by atoms with Crippen LogP contribution in [0.4, 0.5) is 20.3 Å². The van der Waals surface area contributed by atoms with E-state index in [1.54, 1.807) is 18.7 Å². The van der Waals surface area contributed by atoms with Gasteiger partial charge < -0.3 is 21.2 Å². The molecular formula is C20H17ClF2N8O4S. The van der Waals surface area contributed by atoms with Crippen LogP contribution in [0.25, 0.3) is 21.3 Å². The van der Waals surface area contributed by atoms with Crippen molar-refractivity contribution in [2.75, 3.05) is 5.32 Å². The number of nitrogens with two attached hydrogens (primary N) is 1. The maximum atomic E-state index is 13.6. The van der Waals surface area contributed by atoms with Crippen LogP contribution in [0.1, 0.15) is 33.2 Å². The number of amides is 2. The molecule has 0 aliphatic heterocycles. The van der Waals surface area contributed by atoms with E-state index in [9.17, 15) is 28.5 Å². The Morgan fingerprint density at radius 3 is 2.53 bits per heavy atom. The van der Waals surface area contributed by atoms with Crippen molar-refractivity contribution in [3.05, 3.63) is 49.4 Å². The number of carbonyl (C=O) groups excluding carboxylic acids is 2. The fraction of sp³-hybridized carbons (Fsp3) is 0.250. The fourth-order valence-electron chi connectivity index (χ4n) is 3.59. The molecule has 0 saturated carbocycles. The van der Waals surface area contributed by atoms with Crippen molar-refractivity contribution >= 4 is 56.5 Å². The third kappa shape index (κ3) is 4.26. The van der Waals surface area contributed by atoms with Gasteiger partial charge in [0.05, 0.1) is 22.7 Å². The third-order valence-corrected chi connectivity index (χ3v) is 7.04. The number of hydrogen-bond donors (Lipinski definition) is 2. The Morgan fingerprint density at radius 2 is 2.00 bits per heavy atom. The van der Waals surface area contributed by atoms with Crippen LogP contribution < -0.4 is 11.1 Å². The first kappa shape index (κ1) is 25.1. The summed E-state index contributed by atoms with van der Waals surface area (Å²) in [5.41, 5.74) is 6.56. The summed E-state index contributed by atoms with van der Waals surface area (Å²) in [7, 11) is 1.67. The number of hydrogen-bond acceptors (Lipinski definition) is 8. The lowest BCUT2D eigenvalue weighted by Gasteiger charge is -2.11. The van der Waals surface area contributed by atoms with E-state index in [2.05, 4.69) is 20.5 Å². The van der Waals surface area contributed by atoms with E-state index >= 15 is 0 Å². The molecule has 4 aromatic heterocycles. The predicted molar refractivity (Wildman–Crippen MR) is 127 cm³/mol. The van der Waals surface area contributed by atoms with Crippen molar-refractivity contribution in [1.29, 1.82) is 0 Å². The van der Waals surface area contributed by atoms with Crippen molar-refractivity contribution in [2.24, 2.45) is 12.8 Å². The smallest absolute Gasteiger partial charge is 0.365 e. The zero-order valence-corrected chi connectivity index (χ0v) is 20.4. The van der Waals surface area contributed by atoms with E-state index in [1.165, 1.54) is 19.2 Å². The summed E-state index contributed by atoms with van der Waals surface area (Å²) in [6.07, 6.45) is -1.42. The highest BCUT2D eigenvalue weighted by atomic mass is 35.5. The van der Waals surface area contributed by atoms with Crippen LogP contribution in [0.2, 0.25) is 5.02 Å². The van der Waals surface area contributed by atoms with Gasteiger partial charge in [0.25, 0.3) is 12.3 Å². The van der Waals surface area contributed by atoms with Gasteiger partial charge in [0.1, 0.15) is 21.9 Å². The SMILES string of the molecule is Cc1c(-c2cc(C(F)F)nc3sc(C(N)=O)c(NC(=O)Cn4nc([N+](=O)[O-])c(Cl)c4C)c23)cnn1C. The molecule has 4 heterocycles. The van der Waals surface area contributed by atoms with Gasteiger partial charge in [0.15, 0.2) is 5.02 Å². The Hall–Kier alpha value is -3.98. The summed E-state index contributed by atoms with van der Waals surface area (Å²) in [4.78, 5) is 39.4. The number of nitrogens with one attached hydrogen (secondary N) is 1. The molecule has 0 aromatic carbocycles. The lowest BCUT2D eigenvalue weighted by Crippen LogP contribution is -2.22. The van der Waals surface area contributed by atoms with E-state index in [-0.39, 0.29) is 37.1 Å². The number of nitrogens with zero attached hydrogens (tertiary/aromatic N) is 6. The average Bonchev–Trinajstić information content (AvgIpc) is 3.43. The summed E-state index contributed by atoms with van der Waals surface area (Å²) in [5, 5.41) is 21.6. The standard InChI is InChI=1S/C20H17ClF2N8O4S/c1-7-10(5-25-29(7)3)9-4-11(17(22)23)26-20-13(9)15(16(36-20)18(24)33)27-12(32)6-30-8(2)14(21)19(28-30)31(34)35/h4-5,17H,6H2,1-3H3,(H2,24,33)(H,27,32). The number of aromatic nitrogens is 5. The van der Waals surface area contributed by atoms with Gasteiger partial charge in [-0.05, 0) is 30.4 Å². The molecule has 0 unspecified atom stereocenters. The number of alkyl halides is 2. The molecule has 0 atom stereocenters. The van der Waals surface area contributed by atoms with E-state index in [4.69, 9.17) is 17.3 Å². The van der Waals surface area contributed by atoms with Gasteiger partial charge in [-0.2, -0.15) is 9.78 Å². The third-order valence-electron chi connectivity index (χ3n) is 5.50. The second-order valence-corrected chi connectivity index (χ2v) is 9.08. The number of primary amides is 1. The van der Waals surface area contributed by atoms with Crippen LogP contribution in [0.3, 0.4) is 0 Å². The van der Waals surface area contributed by atoms with Gasteiger partial charge in [0.2, 0.25) is 5.91 Å². The van der Waals surface area contributed by atoms with Gasteiger partial charge in [-0.15, -0.1) is 11.3 Å². The summed E-state index contributed by atoms with van der Waals surface area (Å²) in [5.74, 6) is -2.24. The zero-order valence-electron chi connectivity index (χ0n) is 18.9. The Morgan fingerprint density at radius 1 is 1.31 bits per heavy atom. The molecule has 2 amide bonds. The summed E-state index contributed by atoms with van der Waals surface area (Å²) < 4.78 is 29.8. The molecule has 0 radical (unpaired) electrons. The first-order valence-corrected chi connectivity index (χ1v) is 11.3. The number of thiophene rings is 1. The van der Waals surface area contributed by atoms with Crippen molar-refractivity contribution in [1.82, 2.24) is 24.5 Å². The molecule has 12 nitrogen and oxygen atoms in total. The molecule has 0 fully saturated rings. The number of halogens is 3. The molecule has 4 aromatic rings. The Kier molecular flexibility index (Phi) is 6.44. The summed E-state index contributed by atoms with van der Waals surface area (Å²) >= 11 is 6.69. The first-order valence-electron chi connectivity index (χ1n) is 10.1. The number of carbonyl (C=O) groups is 2. The summed E-state index contributed by atoms with van der Waals surface area (Å²) in [6, 6.07) is 1.17. The molecule has 16 heteroatoms. The minimum Gasteiger partial charge on any atom is -0.365 e. The minimum atomic E-state index is -2.90. The van der Waals surface area contributed by atoms with Crippen LogP contribution in [0, 0.1) is 24.0 Å². The number of nitro groups is 1. The lowest BCUT2D eigenvalue weighted by molar-refractivity contribution is -0.389. The topological polar surface area (TPSA) is 164 Å². The fourth-order valence-corrected chi connectivity index (χ4v) is 4.81. The molecule has 0 bridgehead atoms. The van der Waals surface area contributed by atoms with Crippen LogP contribution in [-0.4, -0.2) is 41.3 Å². The molecule has 0 aliphatic rings. The number of rotatable bonds is 7. The number of anilines is 1. The number of pyridine rings is 1.